The maximum Gasteiger partial charge on any atom is 0.0636 e. The average molecular weight is 240 g/mol. The number of benzene rings is 1. The summed E-state index contributed by atoms with van der Waals surface area (Å²) in [7, 11) is 0. The number of nitrogen functional groups attached to an aromatic ring is 1. The van der Waals surface area contributed by atoms with Crippen LogP contribution in [0.1, 0.15) is 13.8 Å². The van der Waals surface area contributed by atoms with E-state index in [0.717, 1.165) is 18.8 Å². The lowest BCUT2D eigenvalue weighted by atomic mass is 10.1. The Balaban J connectivity index is 2.19. The zero-order valence-electron chi connectivity index (χ0n) is 9.70. The Morgan fingerprint density at radius 1 is 1.31 bits per heavy atom. The molecule has 1 aromatic rings. The van der Waals surface area contributed by atoms with Gasteiger partial charge in [0, 0.05) is 30.9 Å². The van der Waals surface area contributed by atoms with Crippen molar-refractivity contribution in [2.75, 3.05) is 23.7 Å². The molecule has 1 aliphatic heterocycles. The van der Waals surface area contributed by atoms with E-state index >= 15 is 0 Å². The van der Waals surface area contributed by atoms with Crippen LogP contribution in [-0.2, 0) is 0 Å². The van der Waals surface area contributed by atoms with Gasteiger partial charge in [0.2, 0.25) is 0 Å². The lowest BCUT2D eigenvalue weighted by Gasteiger charge is -2.37. The highest BCUT2D eigenvalue weighted by molar-refractivity contribution is 6.33. The van der Waals surface area contributed by atoms with Gasteiger partial charge >= 0.3 is 0 Å². The lowest BCUT2D eigenvalue weighted by Crippen LogP contribution is -2.54. The van der Waals surface area contributed by atoms with Gasteiger partial charge in [0.1, 0.15) is 0 Å². The molecule has 3 N–H and O–H groups in total. The smallest absolute Gasteiger partial charge is 0.0636 e. The van der Waals surface area contributed by atoms with Crippen molar-refractivity contribution in [3.63, 3.8) is 0 Å². The molecule has 1 aromatic carbocycles. The summed E-state index contributed by atoms with van der Waals surface area (Å²) >= 11 is 5.92. The van der Waals surface area contributed by atoms with E-state index in [1.165, 1.54) is 0 Å². The molecule has 1 aliphatic rings. The van der Waals surface area contributed by atoms with Crippen LogP contribution >= 0.6 is 11.6 Å². The minimum Gasteiger partial charge on any atom is -0.397 e. The quantitative estimate of drug-likeness (QED) is 0.738. The molecular weight excluding hydrogens is 222 g/mol. The van der Waals surface area contributed by atoms with Crippen LogP contribution in [0, 0.1) is 0 Å². The van der Waals surface area contributed by atoms with Crippen LogP contribution in [0.4, 0.5) is 11.4 Å². The summed E-state index contributed by atoms with van der Waals surface area (Å²) in [6, 6.07) is 6.85. The molecule has 0 aromatic heterocycles. The fraction of sp³-hybridized carbons (Fsp3) is 0.500. The summed E-state index contributed by atoms with van der Waals surface area (Å²) in [6.07, 6.45) is 0. The molecule has 3 nitrogen and oxygen atoms in total. The molecule has 0 radical (unpaired) electrons. The zero-order valence-corrected chi connectivity index (χ0v) is 10.5. The summed E-state index contributed by atoms with van der Waals surface area (Å²) in [5.41, 5.74) is 7.63. The summed E-state index contributed by atoms with van der Waals surface area (Å²) < 4.78 is 0. The molecule has 0 spiro atoms. The van der Waals surface area contributed by atoms with E-state index in [-0.39, 0.29) is 0 Å². The standard InChI is InChI=1S/C12H18ClN3/c1-8-6-16(7-9(2)15-8)10-3-4-11(13)12(14)5-10/h3-5,8-9,15H,6-7,14H2,1-2H3. The fourth-order valence-corrected chi connectivity index (χ4v) is 2.38. The monoisotopic (exact) mass is 239 g/mol. The highest BCUT2D eigenvalue weighted by Crippen LogP contribution is 2.26. The Hall–Kier alpha value is -0.930. The van der Waals surface area contributed by atoms with Crippen molar-refractivity contribution < 1.29 is 0 Å². The van der Waals surface area contributed by atoms with Crippen molar-refractivity contribution in [1.82, 2.24) is 5.32 Å². The van der Waals surface area contributed by atoms with Gasteiger partial charge in [0.15, 0.2) is 0 Å². The Labute approximate surface area is 102 Å². The second-order valence-electron chi connectivity index (χ2n) is 4.58. The Kier molecular flexibility index (Phi) is 3.26. The highest BCUT2D eigenvalue weighted by atomic mass is 35.5. The number of anilines is 2. The van der Waals surface area contributed by atoms with Crippen molar-refractivity contribution in [1.29, 1.82) is 0 Å². The average Bonchev–Trinajstić information content (AvgIpc) is 2.20. The molecule has 2 rings (SSSR count). The maximum atomic E-state index is 5.92. The van der Waals surface area contributed by atoms with E-state index in [4.69, 9.17) is 17.3 Å². The normalized spacial score (nSPS) is 25.8. The third-order valence-electron chi connectivity index (χ3n) is 2.90. The van der Waals surface area contributed by atoms with E-state index in [1.807, 2.05) is 18.2 Å². The van der Waals surface area contributed by atoms with Crippen molar-refractivity contribution in [2.45, 2.75) is 25.9 Å². The predicted molar refractivity (Wildman–Crippen MR) is 70.1 cm³/mol. The molecule has 16 heavy (non-hydrogen) atoms. The van der Waals surface area contributed by atoms with Gasteiger partial charge in [0.05, 0.1) is 10.7 Å². The zero-order chi connectivity index (χ0) is 11.7. The summed E-state index contributed by atoms with van der Waals surface area (Å²) in [5.74, 6) is 0. The maximum absolute atomic E-state index is 5.92. The minimum absolute atomic E-state index is 0.501. The van der Waals surface area contributed by atoms with E-state index < -0.39 is 0 Å². The molecule has 2 unspecified atom stereocenters. The van der Waals surface area contributed by atoms with Gasteiger partial charge < -0.3 is 16.0 Å². The number of hydrogen-bond acceptors (Lipinski definition) is 3. The van der Waals surface area contributed by atoms with Gasteiger partial charge in [-0.25, -0.2) is 0 Å². The van der Waals surface area contributed by atoms with Crippen LogP contribution in [-0.4, -0.2) is 25.2 Å². The lowest BCUT2D eigenvalue weighted by molar-refractivity contribution is 0.407. The van der Waals surface area contributed by atoms with Crippen molar-refractivity contribution in [3.05, 3.63) is 23.2 Å². The van der Waals surface area contributed by atoms with Crippen molar-refractivity contribution in [3.8, 4) is 0 Å². The van der Waals surface area contributed by atoms with Crippen LogP contribution in [0.2, 0.25) is 5.02 Å². The topological polar surface area (TPSA) is 41.3 Å². The van der Waals surface area contributed by atoms with Gasteiger partial charge in [-0.15, -0.1) is 0 Å². The van der Waals surface area contributed by atoms with E-state index in [9.17, 15) is 0 Å². The molecule has 1 saturated heterocycles. The molecule has 2 atom stereocenters. The first-order chi connectivity index (χ1) is 7.56. The largest absolute Gasteiger partial charge is 0.397 e. The second kappa shape index (κ2) is 4.52. The number of hydrogen-bond donors (Lipinski definition) is 2. The van der Waals surface area contributed by atoms with Crippen molar-refractivity contribution in [2.24, 2.45) is 0 Å². The van der Waals surface area contributed by atoms with Gasteiger partial charge in [-0.05, 0) is 32.0 Å². The third kappa shape index (κ3) is 2.42. The van der Waals surface area contributed by atoms with E-state index in [0.29, 0.717) is 22.8 Å². The Morgan fingerprint density at radius 3 is 2.50 bits per heavy atom. The number of rotatable bonds is 1. The summed E-state index contributed by atoms with van der Waals surface area (Å²) in [4.78, 5) is 2.35. The molecular formula is C12H18ClN3. The molecule has 0 saturated carbocycles. The number of piperazine rings is 1. The first-order valence-electron chi connectivity index (χ1n) is 5.62. The van der Waals surface area contributed by atoms with Crippen LogP contribution in [0.25, 0.3) is 0 Å². The highest BCUT2D eigenvalue weighted by Gasteiger charge is 2.21. The van der Waals surface area contributed by atoms with Crippen LogP contribution < -0.4 is 16.0 Å². The van der Waals surface area contributed by atoms with Gasteiger partial charge in [-0.1, -0.05) is 11.6 Å². The predicted octanol–water partition coefficient (Wildman–Crippen LogP) is 2.11. The summed E-state index contributed by atoms with van der Waals surface area (Å²) in [6.45, 7) is 6.40. The van der Waals surface area contributed by atoms with Crippen LogP contribution in [0.5, 0.6) is 0 Å². The van der Waals surface area contributed by atoms with Crippen molar-refractivity contribution >= 4 is 23.0 Å². The van der Waals surface area contributed by atoms with Crippen LogP contribution in [0.15, 0.2) is 18.2 Å². The molecule has 88 valence electrons. The molecule has 4 heteroatoms. The first kappa shape index (κ1) is 11.6. The molecule has 0 bridgehead atoms. The van der Waals surface area contributed by atoms with E-state index in [1.54, 1.807) is 0 Å². The summed E-state index contributed by atoms with van der Waals surface area (Å²) in [5, 5.41) is 4.13. The first-order valence-corrected chi connectivity index (χ1v) is 6.00. The molecule has 0 aliphatic carbocycles. The van der Waals surface area contributed by atoms with Gasteiger partial charge in [-0.2, -0.15) is 0 Å². The Morgan fingerprint density at radius 2 is 1.94 bits per heavy atom. The molecule has 1 fully saturated rings. The second-order valence-corrected chi connectivity index (χ2v) is 4.99. The van der Waals surface area contributed by atoms with E-state index in [2.05, 4.69) is 24.1 Å². The SMILES string of the molecule is CC1CN(c2ccc(Cl)c(N)c2)CC(C)N1. The number of nitrogens with one attached hydrogen (secondary N) is 1. The molecule has 1 heterocycles. The fourth-order valence-electron chi connectivity index (χ4n) is 2.27. The number of halogens is 1. The Bertz CT molecular complexity index is 371. The molecule has 0 amide bonds. The number of nitrogens with zero attached hydrogens (tertiary/aromatic N) is 1. The number of nitrogens with two attached hydrogens (primary N) is 1. The van der Waals surface area contributed by atoms with Crippen LogP contribution in [0.3, 0.4) is 0 Å². The van der Waals surface area contributed by atoms with Gasteiger partial charge in [-0.3, -0.25) is 0 Å². The third-order valence-corrected chi connectivity index (χ3v) is 3.25. The van der Waals surface area contributed by atoms with Gasteiger partial charge in [0.25, 0.3) is 0 Å². The minimum atomic E-state index is 0.501.